The summed E-state index contributed by atoms with van der Waals surface area (Å²) in [5.41, 5.74) is 5.91. The van der Waals surface area contributed by atoms with Gasteiger partial charge >= 0.3 is 11.9 Å². The van der Waals surface area contributed by atoms with E-state index in [1.54, 1.807) is 0 Å². The number of aliphatic carboxylic acids is 2. The van der Waals surface area contributed by atoms with Crippen molar-refractivity contribution in [1.82, 2.24) is 0 Å². The van der Waals surface area contributed by atoms with E-state index in [4.69, 9.17) is 9.84 Å². The van der Waals surface area contributed by atoms with Crippen molar-refractivity contribution < 1.29 is 34.2 Å². The van der Waals surface area contributed by atoms with E-state index in [-0.39, 0.29) is 12.1 Å². The van der Waals surface area contributed by atoms with Crippen LogP contribution in [0.15, 0.2) is 42.5 Å². The van der Waals surface area contributed by atoms with Gasteiger partial charge in [0.15, 0.2) is 0 Å². The zero-order chi connectivity index (χ0) is 24.4. The van der Waals surface area contributed by atoms with E-state index >= 15 is 0 Å². The minimum Gasteiger partial charge on any atom is -0.545 e. The molecule has 0 amide bonds. The average molecular weight is 444 g/mol. The van der Waals surface area contributed by atoms with Crippen LogP contribution in [0.2, 0.25) is 0 Å². The Bertz CT molecular complexity index is 916. The SMILES string of the molecule is Cc1cc2cc(C(C)C)ccc(CC(=O)OC(C)C[NH+](C)C)c-2c1.O=C([O-])/C=C/C(=O)O. The van der Waals surface area contributed by atoms with Crippen LogP contribution in [0.1, 0.15) is 43.4 Å². The predicted octanol–water partition coefficient (Wildman–Crippen LogP) is 1.22. The summed E-state index contributed by atoms with van der Waals surface area (Å²) < 4.78 is 5.57. The van der Waals surface area contributed by atoms with Gasteiger partial charge in [0.1, 0.15) is 12.6 Å². The first kappa shape index (κ1) is 26.8. The van der Waals surface area contributed by atoms with Crippen molar-refractivity contribution >= 4 is 17.9 Å². The summed E-state index contributed by atoms with van der Waals surface area (Å²) in [6, 6.07) is 10.8. The molecule has 1 unspecified atom stereocenters. The molecule has 0 radical (unpaired) electrons. The second-order valence-electron chi connectivity index (χ2n) is 8.44. The molecule has 2 N–H and O–H groups in total. The quantitative estimate of drug-likeness (QED) is 0.469. The van der Waals surface area contributed by atoms with Crippen LogP contribution in [0, 0.1) is 6.92 Å². The second-order valence-corrected chi connectivity index (χ2v) is 8.44. The molecular formula is C25H33NO6. The van der Waals surface area contributed by atoms with Crippen LogP contribution in [-0.4, -0.2) is 49.8 Å². The smallest absolute Gasteiger partial charge is 0.328 e. The minimum atomic E-state index is -1.51. The number of aryl methyl sites for hydroxylation is 1. The molecule has 1 atom stereocenters. The summed E-state index contributed by atoms with van der Waals surface area (Å²) in [4.78, 5) is 32.6. The van der Waals surface area contributed by atoms with Crippen LogP contribution in [-0.2, 0) is 25.5 Å². The fourth-order valence-electron chi connectivity index (χ4n) is 3.28. The molecule has 2 aliphatic carbocycles. The monoisotopic (exact) mass is 443 g/mol. The number of carboxylic acid groups (broad SMARTS) is 2. The Morgan fingerprint density at radius 3 is 2.25 bits per heavy atom. The van der Waals surface area contributed by atoms with Crippen LogP contribution in [0.5, 0.6) is 0 Å². The number of ether oxygens (including phenoxy) is 1. The number of nitrogens with one attached hydrogen (secondary N) is 1. The standard InChI is InChI=1S/C21H29NO2.C4H4O4/c1-14(2)17-7-8-18(20-10-15(3)9-19(20)11-17)12-21(23)24-16(4)13-22(5)6;5-3(6)1-2-4(7)8/h7-11,14,16H,12-13H2,1-6H3;1-2H,(H,5,6)(H,7,8)/b;2-1+. The molecule has 174 valence electrons. The molecule has 0 spiro atoms. The van der Waals surface area contributed by atoms with Gasteiger partial charge in [0.2, 0.25) is 0 Å². The Hall–Kier alpha value is -3.19. The van der Waals surface area contributed by atoms with Crippen LogP contribution < -0.4 is 10.0 Å². The number of hydrogen-bond donors (Lipinski definition) is 2. The van der Waals surface area contributed by atoms with Crippen LogP contribution in [0.25, 0.3) is 11.1 Å². The van der Waals surface area contributed by atoms with Crippen LogP contribution in [0.4, 0.5) is 0 Å². The first-order valence-corrected chi connectivity index (χ1v) is 10.5. The lowest BCUT2D eigenvalue weighted by molar-refractivity contribution is -0.861. The van der Waals surface area contributed by atoms with Gasteiger partial charge in [-0.2, -0.15) is 0 Å². The van der Waals surface area contributed by atoms with Crippen molar-refractivity contribution in [2.24, 2.45) is 0 Å². The van der Waals surface area contributed by atoms with Gasteiger partial charge in [-0.25, -0.2) is 4.79 Å². The average Bonchev–Trinajstić information content (AvgIpc) is 2.93. The summed E-state index contributed by atoms with van der Waals surface area (Å²) in [5.74, 6) is -2.50. The molecule has 0 bridgehead atoms. The Morgan fingerprint density at radius 1 is 1.09 bits per heavy atom. The van der Waals surface area contributed by atoms with Crippen molar-refractivity contribution in [3.63, 3.8) is 0 Å². The molecule has 7 nitrogen and oxygen atoms in total. The van der Waals surface area contributed by atoms with Crippen molar-refractivity contribution in [3.05, 3.63) is 59.2 Å². The van der Waals surface area contributed by atoms with E-state index < -0.39 is 11.9 Å². The number of quaternary nitrogens is 1. The normalized spacial score (nSPS) is 12.0. The largest absolute Gasteiger partial charge is 0.545 e. The molecular weight excluding hydrogens is 410 g/mol. The van der Waals surface area contributed by atoms with E-state index in [0.29, 0.717) is 24.5 Å². The lowest BCUT2D eigenvalue weighted by Crippen LogP contribution is -3.07. The third-order valence-corrected chi connectivity index (χ3v) is 4.60. The highest BCUT2D eigenvalue weighted by Crippen LogP contribution is 2.31. The molecule has 2 aliphatic rings. The van der Waals surface area contributed by atoms with Crippen LogP contribution >= 0.6 is 0 Å². The first-order chi connectivity index (χ1) is 14.9. The fraction of sp³-hybridized carbons (Fsp3) is 0.400. The lowest BCUT2D eigenvalue weighted by atomic mass is 10.0. The number of carboxylic acids is 2. The van der Waals surface area contributed by atoms with Gasteiger partial charge in [-0.15, -0.1) is 0 Å². The number of carbonyl (C=O) groups excluding carboxylic acids is 2. The Kier molecular flexibility index (Phi) is 10.6. The summed E-state index contributed by atoms with van der Waals surface area (Å²) in [6.07, 6.45) is 1.19. The van der Waals surface area contributed by atoms with Gasteiger partial charge in [-0.05, 0) is 53.7 Å². The van der Waals surface area contributed by atoms with Crippen molar-refractivity contribution in [3.8, 4) is 11.1 Å². The van der Waals surface area contributed by atoms with Crippen molar-refractivity contribution in [1.29, 1.82) is 0 Å². The topological polar surface area (TPSA) is 108 Å². The van der Waals surface area contributed by atoms with Gasteiger partial charge in [0.25, 0.3) is 0 Å². The maximum atomic E-state index is 12.3. The molecule has 0 heterocycles. The molecule has 0 aromatic rings. The van der Waals surface area contributed by atoms with Gasteiger partial charge in [-0.1, -0.05) is 44.2 Å². The van der Waals surface area contributed by atoms with Crippen molar-refractivity contribution in [2.75, 3.05) is 20.6 Å². The molecule has 0 fully saturated rings. The minimum absolute atomic E-state index is 0.0666. The molecule has 2 rings (SSSR count). The summed E-state index contributed by atoms with van der Waals surface area (Å²) in [6.45, 7) is 9.25. The third-order valence-electron chi connectivity index (χ3n) is 4.60. The van der Waals surface area contributed by atoms with Gasteiger partial charge < -0.3 is 24.6 Å². The molecule has 0 saturated carbocycles. The molecule has 7 heteroatoms. The van der Waals surface area contributed by atoms with E-state index in [0.717, 1.165) is 17.7 Å². The molecule has 0 aromatic carbocycles. The highest BCUT2D eigenvalue weighted by Gasteiger charge is 2.17. The fourth-order valence-corrected chi connectivity index (χ4v) is 3.28. The van der Waals surface area contributed by atoms with E-state index in [1.807, 2.05) is 6.92 Å². The zero-order valence-electron chi connectivity index (χ0n) is 19.6. The van der Waals surface area contributed by atoms with E-state index in [1.165, 1.54) is 21.6 Å². The van der Waals surface area contributed by atoms with E-state index in [9.17, 15) is 19.5 Å². The van der Waals surface area contributed by atoms with Crippen LogP contribution in [0.3, 0.4) is 0 Å². The van der Waals surface area contributed by atoms with Gasteiger partial charge in [0, 0.05) is 6.08 Å². The Morgan fingerprint density at radius 2 is 1.75 bits per heavy atom. The lowest BCUT2D eigenvalue weighted by Gasteiger charge is -2.15. The number of carbonyl (C=O) groups is 3. The number of hydrogen-bond acceptors (Lipinski definition) is 5. The number of esters is 1. The predicted molar refractivity (Wildman–Crippen MR) is 121 cm³/mol. The summed E-state index contributed by atoms with van der Waals surface area (Å²) >= 11 is 0. The third kappa shape index (κ3) is 9.75. The summed E-state index contributed by atoms with van der Waals surface area (Å²) in [7, 11) is 4.12. The molecule has 0 saturated heterocycles. The number of rotatable bonds is 8. The molecule has 0 aliphatic heterocycles. The summed E-state index contributed by atoms with van der Waals surface area (Å²) in [5, 5.41) is 17.2. The zero-order valence-corrected chi connectivity index (χ0v) is 19.6. The number of likely N-dealkylation sites (N-methyl/N-ethyl adjacent to an activating group) is 1. The highest BCUT2D eigenvalue weighted by molar-refractivity contribution is 5.88. The molecule has 0 aromatic heterocycles. The molecule has 32 heavy (non-hydrogen) atoms. The highest BCUT2D eigenvalue weighted by atomic mass is 16.5. The first-order valence-electron chi connectivity index (χ1n) is 10.5. The van der Waals surface area contributed by atoms with Gasteiger partial charge in [0.05, 0.1) is 26.5 Å². The maximum Gasteiger partial charge on any atom is 0.328 e. The van der Waals surface area contributed by atoms with Gasteiger partial charge in [-0.3, -0.25) is 4.79 Å². The second kappa shape index (κ2) is 12.6. The maximum absolute atomic E-state index is 12.3. The van der Waals surface area contributed by atoms with Crippen molar-refractivity contribution in [2.45, 2.75) is 46.1 Å². The number of fused-ring (bicyclic) bond motifs is 1. The van der Waals surface area contributed by atoms with E-state index in [2.05, 4.69) is 65.2 Å². The Balaban J connectivity index is 0.000000547. The Labute approximate surface area is 189 Å².